The van der Waals surface area contributed by atoms with E-state index in [1.54, 1.807) is 7.11 Å². The Morgan fingerprint density at radius 3 is 3.04 bits per heavy atom. The summed E-state index contributed by atoms with van der Waals surface area (Å²) in [4.78, 5) is 12.1. The SMILES string of the molecule is COCCCOc1cc(C)ccc1CNC(=O)C1COCCN1. The molecule has 1 aliphatic rings. The summed E-state index contributed by atoms with van der Waals surface area (Å²) in [5.74, 6) is 0.768. The number of hydrogen-bond donors (Lipinski definition) is 2. The number of ether oxygens (including phenoxy) is 3. The maximum absolute atomic E-state index is 12.1. The minimum Gasteiger partial charge on any atom is -0.493 e. The van der Waals surface area contributed by atoms with E-state index in [1.807, 2.05) is 25.1 Å². The molecule has 1 aromatic carbocycles. The van der Waals surface area contributed by atoms with Crippen LogP contribution in [0.4, 0.5) is 0 Å². The van der Waals surface area contributed by atoms with Gasteiger partial charge < -0.3 is 24.8 Å². The fourth-order valence-corrected chi connectivity index (χ4v) is 2.37. The van der Waals surface area contributed by atoms with E-state index in [-0.39, 0.29) is 11.9 Å². The third-order valence-electron chi connectivity index (χ3n) is 3.66. The first-order chi connectivity index (χ1) is 11.2. The number of nitrogens with one attached hydrogen (secondary N) is 2. The molecule has 0 spiro atoms. The molecule has 1 heterocycles. The molecule has 0 saturated carbocycles. The quantitative estimate of drug-likeness (QED) is 0.699. The second-order valence-electron chi connectivity index (χ2n) is 5.61. The van der Waals surface area contributed by atoms with Crippen molar-refractivity contribution in [3.05, 3.63) is 29.3 Å². The summed E-state index contributed by atoms with van der Waals surface area (Å²) >= 11 is 0. The molecule has 0 radical (unpaired) electrons. The van der Waals surface area contributed by atoms with Gasteiger partial charge in [-0.2, -0.15) is 0 Å². The molecule has 23 heavy (non-hydrogen) atoms. The van der Waals surface area contributed by atoms with Crippen molar-refractivity contribution < 1.29 is 19.0 Å². The van der Waals surface area contributed by atoms with Crippen molar-refractivity contribution in [2.24, 2.45) is 0 Å². The Morgan fingerprint density at radius 1 is 1.43 bits per heavy atom. The molecular weight excluding hydrogens is 296 g/mol. The predicted octanol–water partition coefficient (Wildman–Crippen LogP) is 1.01. The van der Waals surface area contributed by atoms with Crippen LogP contribution in [0.25, 0.3) is 0 Å². The summed E-state index contributed by atoms with van der Waals surface area (Å²) in [6, 6.07) is 5.73. The predicted molar refractivity (Wildman–Crippen MR) is 87.6 cm³/mol. The number of benzene rings is 1. The molecule has 2 N–H and O–H groups in total. The maximum Gasteiger partial charge on any atom is 0.239 e. The van der Waals surface area contributed by atoms with Crippen molar-refractivity contribution in [2.45, 2.75) is 25.9 Å². The number of carbonyl (C=O) groups is 1. The Hall–Kier alpha value is -1.63. The summed E-state index contributed by atoms with van der Waals surface area (Å²) in [5, 5.41) is 6.09. The molecule has 1 aliphatic heterocycles. The van der Waals surface area contributed by atoms with Gasteiger partial charge in [-0.25, -0.2) is 0 Å². The molecule has 1 atom stereocenters. The average Bonchev–Trinajstić information content (AvgIpc) is 2.58. The van der Waals surface area contributed by atoms with Gasteiger partial charge in [0.2, 0.25) is 5.91 Å². The lowest BCUT2D eigenvalue weighted by molar-refractivity contribution is -0.126. The van der Waals surface area contributed by atoms with E-state index < -0.39 is 0 Å². The fraction of sp³-hybridized carbons (Fsp3) is 0.588. The van der Waals surface area contributed by atoms with Crippen LogP contribution in [0, 0.1) is 6.92 Å². The number of carbonyl (C=O) groups excluding carboxylic acids is 1. The lowest BCUT2D eigenvalue weighted by Crippen LogP contribution is -2.51. The second-order valence-corrected chi connectivity index (χ2v) is 5.61. The van der Waals surface area contributed by atoms with Gasteiger partial charge in [-0.1, -0.05) is 12.1 Å². The minimum atomic E-state index is -0.278. The molecule has 0 aliphatic carbocycles. The highest BCUT2D eigenvalue weighted by molar-refractivity contribution is 5.82. The molecule has 6 nitrogen and oxygen atoms in total. The number of methoxy groups -OCH3 is 1. The smallest absolute Gasteiger partial charge is 0.239 e. The molecule has 6 heteroatoms. The van der Waals surface area contributed by atoms with Gasteiger partial charge in [0.1, 0.15) is 11.8 Å². The molecule has 2 rings (SSSR count). The largest absolute Gasteiger partial charge is 0.493 e. The van der Waals surface area contributed by atoms with Crippen LogP contribution in [0.5, 0.6) is 5.75 Å². The van der Waals surface area contributed by atoms with Crippen LogP contribution >= 0.6 is 0 Å². The van der Waals surface area contributed by atoms with Crippen LogP contribution in [0.3, 0.4) is 0 Å². The molecule has 1 saturated heterocycles. The topological polar surface area (TPSA) is 68.8 Å². The van der Waals surface area contributed by atoms with Gasteiger partial charge in [0, 0.05) is 38.8 Å². The van der Waals surface area contributed by atoms with E-state index >= 15 is 0 Å². The number of rotatable bonds is 8. The van der Waals surface area contributed by atoms with Crippen LogP contribution in [-0.4, -0.2) is 52.0 Å². The average molecular weight is 322 g/mol. The highest BCUT2D eigenvalue weighted by Crippen LogP contribution is 2.20. The van der Waals surface area contributed by atoms with Gasteiger partial charge in [-0.3, -0.25) is 4.79 Å². The Kier molecular flexibility index (Phi) is 7.32. The summed E-state index contributed by atoms with van der Waals surface area (Å²) in [6.45, 7) is 5.50. The third kappa shape index (κ3) is 5.82. The summed E-state index contributed by atoms with van der Waals surface area (Å²) in [5.41, 5.74) is 2.10. The summed E-state index contributed by atoms with van der Waals surface area (Å²) < 4.78 is 16.2. The Balaban J connectivity index is 1.88. The van der Waals surface area contributed by atoms with Crippen LogP contribution in [-0.2, 0) is 20.8 Å². The van der Waals surface area contributed by atoms with Gasteiger partial charge in [0.05, 0.1) is 19.8 Å². The van der Waals surface area contributed by atoms with Crippen LogP contribution < -0.4 is 15.4 Å². The van der Waals surface area contributed by atoms with Crippen molar-refractivity contribution in [2.75, 3.05) is 40.1 Å². The van der Waals surface area contributed by atoms with Crippen LogP contribution in [0.2, 0.25) is 0 Å². The van der Waals surface area contributed by atoms with E-state index in [0.717, 1.165) is 23.3 Å². The first-order valence-electron chi connectivity index (χ1n) is 8.01. The number of hydrogen-bond acceptors (Lipinski definition) is 5. The molecule has 128 valence electrons. The highest BCUT2D eigenvalue weighted by atomic mass is 16.5. The standard InChI is InChI=1S/C17H26N2O4/c1-13-4-5-14(16(10-13)23-8-3-7-21-2)11-19-17(20)15-12-22-9-6-18-15/h4-5,10,15,18H,3,6-9,11-12H2,1-2H3,(H,19,20). The zero-order valence-electron chi connectivity index (χ0n) is 13.9. The summed E-state index contributed by atoms with van der Waals surface area (Å²) in [6.07, 6.45) is 0.833. The Labute approximate surface area is 137 Å². The normalized spacial score (nSPS) is 17.7. The molecule has 1 unspecified atom stereocenters. The van der Waals surface area contributed by atoms with E-state index in [9.17, 15) is 4.79 Å². The fourth-order valence-electron chi connectivity index (χ4n) is 2.37. The zero-order chi connectivity index (χ0) is 16.5. The molecule has 1 amide bonds. The highest BCUT2D eigenvalue weighted by Gasteiger charge is 2.21. The maximum atomic E-state index is 12.1. The van der Waals surface area contributed by atoms with Gasteiger partial charge in [-0.05, 0) is 18.6 Å². The van der Waals surface area contributed by atoms with Crippen molar-refractivity contribution >= 4 is 5.91 Å². The lowest BCUT2D eigenvalue weighted by atomic mass is 10.1. The first kappa shape index (κ1) is 17.7. The monoisotopic (exact) mass is 322 g/mol. The Morgan fingerprint density at radius 2 is 2.30 bits per heavy atom. The molecule has 1 aromatic rings. The zero-order valence-corrected chi connectivity index (χ0v) is 13.9. The van der Waals surface area contributed by atoms with Crippen LogP contribution in [0.15, 0.2) is 18.2 Å². The van der Waals surface area contributed by atoms with Gasteiger partial charge >= 0.3 is 0 Å². The number of morpholine rings is 1. The van der Waals surface area contributed by atoms with Crippen LogP contribution in [0.1, 0.15) is 17.5 Å². The van der Waals surface area contributed by atoms with Gasteiger partial charge in [0.15, 0.2) is 0 Å². The van der Waals surface area contributed by atoms with E-state index in [2.05, 4.69) is 10.6 Å². The van der Waals surface area contributed by atoms with E-state index in [0.29, 0.717) is 39.5 Å². The number of aryl methyl sites for hydroxylation is 1. The van der Waals surface area contributed by atoms with Gasteiger partial charge in [-0.15, -0.1) is 0 Å². The van der Waals surface area contributed by atoms with E-state index in [1.165, 1.54) is 0 Å². The Bertz CT molecular complexity index is 501. The first-order valence-corrected chi connectivity index (χ1v) is 8.01. The second kappa shape index (κ2) is 9.50. The molecule has 0 aromatic heterocycles. The molecular formula is C17H26N2O4. The lowest BCUT2D eigenvalue weighted by Gasteiger charge is -2.23. The summed E-state index contributed by atoms with van der Waals surface area (Å²) in [7, 11) is 1.68. The van der Waals surface area contributed by atoms with E-state index in [4.69, 9.17) is 14.2 Å². The molecule has 0 bridgehead atoms. The van der Waals surface area contributed by atoms with Crippen molar-refractivity contribution in [1.29, 1.82) is 0 Å². The third-order valence-corrected chi connectivity index (χ3v) is 3.66. The molecule has 1 fully saturated rings. The number of amides is 1. The van der Waals surface area contributed by atoms with Crippen molar-refractivity contribution in [1.82, 2.24) is 10.6 Å². The van der Waals surface area contributed by atoms with Crippen molar-refractivity contribution in [3.63, 3.8) is 0 Å². The van der Waals surface area contributed by atoms with Crippen molar-refractivity contribution in [3.8, 4) is 5.75 Å². The van der Waals surface area contributed by atoms with Gasteiger partial charge in [0.25, 0.3) is 0 Å². The minimum absolute atomic E-state index is 0.0457.